The Morgan fingerprint density at radius 3 is 1.91 bits per heavy atom. The van der Waals surface area contributed by atoms with Crippen molar-refractivity contribution in [1.82, 2.24) is 21.3 Å². The highest BCUT2D eigenvalue weighted by Gasteiger charge is 2.31. The number of amides is 4. The molecule has 4 rings (SSSR count). The normalized spacial score (nSPS) is 13.8. The van der Waals surface area contributed by atoms with Crippen LogP contribution in [-0.2, 0) is 35.1 Å². The Kier molecular flexibility index (Phi) is 11.5. The average molecular weight is 629 g/mol. The van der Waals surface area contributed by atoms with Crippen molar-refractivity contribution in [2.75, 3.05) is 20.3 Å². The molecule has 0 aliphatic heterocycles. The Morgan fingerprint density at radius 2 is 1.33 bits per heavy atom. The Bertz CT molecular complexity index is 1510. The first-order valence-corrected chi connectivity index (χ1v) is 15.2. The van der Waals surface area contributed by atoms with Gasteiger partial charge < -0.3 is 30.7 Å². The van der Waals surface area contributed by atoms with Crippen molar-refractivity contribution in [3.8, 4) is 11.1 Å². The fourth-order valence-electron chi connectivity index (χ4n) is 5.42. The van der Waals surface area contributed by atoms with E-state index in [0.29, 0.717) is 0 Å². The first kappa shape index (κ1) is 33.7. The molecule has 0 saturated heterocycles. The van der Waals surface area contributed by atoms with Gasteiger partial charge in [0.1, 0.15) is 24.7 Å². The molecule has 3 aromatic carbocycles. The molecule has 4 N–H and O–H groups in total. The number of hydrogen-bond donors (Lipinski definition) is 4. The zero-order valence-corrected chi connectivity index (χ0v) is 26.4. The maximum absolute atomic E-state index is 13.0. The number of esters is 1. The second kappa shape index (κ2) is 15.7. The predicted molar refractivity (Wildman–Crippen MR) is 172 cm³/mol. The molecule has 0 unspecified atom stereocenters. The number of alkyl carbamates (subject to hydrolysis) is 1. The summed E-state index contributed by atoms with van der Waals surface area (Å²) >= 11 is 0. The number of carbonyl (C=O) groups excluding carboxylic acids is 5. The third-order valence-electron chi connectivity index (χ3n) is 7.84. The summed E-state index contributed by atoms with van der Waals surface area (Å²) < 4.78 is 10.4. The summed E-state index contributed by atoms with van der Waals surface area (Å²) in [5.74, 6) is -2.86. The molecule has 0 radical (unpaired) electrons. The van der Waals surface area contributed by atoms with Gasteiger partial charge in [-0.25, -0.2) is 9.59 Å². The molecule has 3 aromatic rings. The molecule has 0 aromatic heterocycles. The zero-order chi connectivity index (χ0) is 33.2. The van der Waals surface area contributed by atoms with E-state index < -0.39 is 54.5 Å². The van der Waals surface area contributed by atoms with Gasteiger partial charge in [-0.2, -0.15) is 0 Å². The molecular weight excluding hydrogens is 588 g/mol. The number of carbonyl (C=O) groups is 5. The number of ether oxygens (including phenoxy) is 2. The van der Waals surface area contributed by atoms with Crippen LogP contribution >= 0.6 is 0 Å². The smallest absolute Gasteiger partial charge is 0.407 e. The standard InChI is InChI=1S/C35H40N4O7/c1-21(2)31(39-35(44)46-20-28-26-16-10-8-14-24(26)25-15-9-11-17-27(25)28)33(42)36-19-30(40)37-22(3)32(41)38-29(34(43)45-4)18-23-12-6-5-7-13-23/h5-17,21-22,28-29,31H,18-20H2,1-4H3,(H,36,42)(H,37,40)(H,38,41)(H,39,44)/t22-,29-,31-/m0/s1. The van der Waals surface area contributed by atoms with Crippen molar-refractivity contribution >= 4 is 29.8 Å². The number of rotatable bonds is 13. The highest BCUT2D eigenvalue weighted by Crippen LogP contribution is 2.44. The highest BCUT2D eigenvalue weighted by atomic mass is 16.5. The van der Waals surface area contributed by atoms with Crippen molar-refractivity contribution in [2.45, 2.75) is 51.2 Å². The minimum absolute atomic E-state index is 0.0941. The van der Waals surface area contributed by atoms with E-state index >= 15 is 0 Å². The van der Waals surface area contributed by atoms with E-state index in [1.807, 2.05) is 78.9 Å². The van der Waals surface area contributed by atoms with Crippen LogP contribution in [-0.4, -0.2) is 68.2 Å². The largest absolute Gasteiger partial charge is 0.467 e. The molecule has 1 aliphatic carbocycles. The minimum atomic E-state index is -1.01. The van der Waals surface area contributed by atoms with Crippen molar-refractivity contribution in [2.24, 2.45) is 5.92 Å². The van der Waals surface area contributed by atoms with Gasteiger partial charge >= 0.3 is 12.1 Å². The minimum Gasteiger partial charge on any atom is -0.467 e. The molecule has 11 nitrogen and oxygen atoms in total. The van der Waals surface area contributed by atoms with Gasteiger partial charge in [0.25, 0.3) is 0 Å². The molecule has 0 fully saturated rings. The Labute approximate surface area is 268 Å². The van der Waals surface area contributed by atoms with Crippen molar-refractivity contribution in [3.63, 3.8) is 0 Å². The molecule has 0 heterocycles. The van der Waals surface area contributed by atoms with Crippen molar-refractivity contribution in [3.05, 3.63) is 95.6 Å². The average Bonchev–Trinajstić information content (AvgIpc) is 3.38. The topological polar surface area (TPSA) is 152 Å². The molecule has 0 bridgehead atoms. The van der Waals surface area contributed by atoms with Gasteiger partial charge in [0.15, 0.2) is 0 Å². The quantitative estimate of drug-likeness (QED) is 0.212. The number of benzene rings is 3. The van der Waals surface area contributed by atoms with E-state index in [0.717, 1.165) is 27.8 Å². The van der Waals surface area contributed by atoms with Gasteiger partial charge in [0, 0.05) is 12.3 Å². The van der Waals surface area contributed by atoms with Crippen LogP contribution in [0.5, 0.6) is 0 Å². The van der Waals surface area contributed by atoms with Crippen LogP contribution in [0.15, 0.2) is 78.9 Å². The van der Waals surface area contributed by atoms with E-state index in [9.17, 15) is 24.0 Å². The third-order valence-corrected chi connectivity index (χ3v) is 7.84. The van der Waals surface area contributed by atoms with Crippen LogP contribution in [0.1, 0.15) is 43.4 Å². The fourth-order valence-corrected chi connectivity index (χ4v) is 5.42. The summed E-state index contributed by atoms with van der Waals surface area (Å²) in [5, 5.41) is 10.2. The second-order valence-electron chi connectivity index (χ2n) is 11.5. The van der Waals surface area contributed by atoms with Crippen LogP contribution in [0.3, 0.4) is 0 Å². The monoisotopic (exact) mass is 628 g/mol. The Hall–Kier alpha value is -5.19. The summed E-state index contributed by atoms with van der Waals surface area (Å²) in [6.07, 6.45) is -0.537. The Balaban J connectivity index is 1.25. The van der Waals surface area contributed by atoms with Crippen molar-refractivity contribution in [1.29, 1.82) is 0 Å². The van der Waals surface area contributed by atoms with Crippen LogP contribution in [0.4, 0.5) is 4.79 Å². The van der Waals surface area contributed by atoms with Gasteiger partial charge in [0.2, 0.25) is 17.7 Å². The number of hydrogen-bond acceptors (Lipinski definition) is 7. The maximum atomic E-state index is 13.0. The van der Waals surface area contributed by atoms with Gasteiger partial charge in [-0.15, -0.1) is 0 Å². The number of fused-ring (bicyclic) bond motifs is 3. The lowest BCUT2D eigenvalue weighted by molar-refractivity contribution is -0.145. The lowest BCUT2D eigenvalue weighted by Gasteiger charge is -2.23. The lowest BCUT2D eigenvalue weighted by Crippen LogP contribution is -2.54. The first-order valence-electron chi connectivity index (χ1n) is 15.2. The summed E-state index contributed by atoms with van der Waals surface area (Å²) in [7, 11) is 1.23. The molecule has 0 spiro atoms. The predicted octanol–water partition coefficient (Wildman–Crippen LogP) is 3.07. The van der Waals surface area contributed by atoms with Gasteiger partial charge in [0.05, 0.1) is 13.7 Å². The second-order valence-corrected chi connectivity index (χ2v) is 11.5. The summed E-state index contributed by atoms with van der Waals surface area (Å²) in [4.78, 5) is 63.4. The highest BCUT2D eigenvalue weighted by molar-refractivity contribution is 5.93. The van der Waals surface area contributed by atoms with E-state index in [1.54, 1.807) is 13.8 Å². The summed E-state index contributed by atoms with van der Waals surface area (Å²) in [6.45, 7) is 4.64. The van der Waals surface area contributed by atoms with Crippen molar-refractivity contribution < 1.29 is 33.4 Å². The summed E-state index contributed by atoms with van der Waals surface area (Å²) in [5.41, 5.74) is 5.17. The van der Waals surface area contributed by atoms with Gasteiger partial charge in [-0.3, -0.25) is 14.4 Å². The van der Waals surface area contributed by atoms with Gasteiger partial charge in [-0.1, -0.05) is 92.7 Å². The van der Waals surface area contributed by atoms with E-state index in [4.69, 9.17) is 9.47 Å². The molecular formula is C35H40N4O7. The van der Waals surface area contributed by atoms with E-state index in [1.165, 1.54) is 14.0 Å². The molecule has 242 valence electrons. The van der Waals surface area contributed by atoms with E-state index in [2.05, 4.69) is 21.3 Å². The number of nitrogens with one attached hydrogen (secondary N) is 4. The van der Waals surface area contributed by atoms with Crippen LogP contribution in [0.25, 0.3) is 11.1 Å². The number of methoxy groups -OCH3 is 1. The van der Waals surface area contributed by atoms with Gasteiger partial charge in [-0.05, 0) is 40.7 Å². The molecule has 0 saturated carbocycles. The molecule has 46 heavy (non-hydrogen) atoms. The zero-order valence-electron chi connectivity index (χ0n) is 26.4. The third kappa shape index (κ3) is 8.50. The first-order chi connectivity index (χ1) is 22.1. The van der Waals surface area contributed by atoms with Crippen LogP contribution < -0.4 is 21.3 Å². The molecule has 4 amide bonds. The summed E-state index contributed by atoms with van der Waals surface area (Å²) in [6, 6.07) is 22.2. The van der Waals surface area contributed by atoms with E-state index in [-0.39, 0.29) is 24.9 Å². The SMILES string of the molecule is COC(=O)[C@H](Cc1ccccc1)NC(=O)[C@H](C)NC(=O)CNC(=O)[C@@H](NC(=O)OCC1c2ccccc2-c2ccccc21)C(C)C. The van der Waals surface area contributed by atoms with Crippen LogP contribution in [0.2, 0.25) is 0 Å². The lowest BCUT2D eigenvalue weighted by atomic mass is 9.98. The molecule has 1 aliphatic rings. The fraction of sp³-hybridized carbons (Fsp3) is 0.343. The van der Waals surface area contributed by atoms with Crippen LogP contribution in [0, 0.1) is 5.92 Å². The molecule has 3 atom stereocenters. The Morgan fingerprint density at radius 1 is 0.739 bits per heavy atom. The maximum Gasteiger partial charge on any atom is 0.407 e. The molecule has 11 heteroatoms.